The minimum Gasteiger partial charge on any atom is -0.310 e. The molecule has 68 heavy (non-hydrogen) atoms. The van der Waals surface area contributed by atoms with E-state index in [4.69, 9.17) is 0 Å². The molecule has 0 bridgehead atoms. The predicted octanol–water partition coefficient (Wildman–Crippen LogP) is 17.5. The van der Waals surface area contributed by atoms with E-state index < -0.39 is 5.41 Å². The van der Waals surface area contributed by atoms with E-state index in [1.54, 1.807) is 0 Å². The van der Waals surface area contributed by atoms with E-state index in [1.165, 1.54) is 100 Å². The number of hydrogen-bond donors (Lipinski definition) is 0. The normalized spacial score (nSPS) is 14.8. The van der Waals surface area contributed by atoms with Crippen molar-refractivity contribution in [3.05, 3.63) is 281 Å². The Balaban J connectivity index is 0.964. The van der Waals surface area contributed by atoms with Crippen LogP contribution >= 0.6 is 0 Å². The van der Waals surface area contributed by atoms with Gasteiger partial charge in [-0.1, -0.05) is 222 Å². The molecule has 0 fully saturated rings. The van der Waals surface area contributed by atoms with Gasteiger partial charge in [-0.05, 0) is 143 Å². The lowest BCUT2D eigenvalue weighted by Crippen LogP contribution is -2.41. The van der Waals surface area contributed by atoms with Crippen molar-refractivity contribution in [3.63, 3.8) is 0 Å². The molecule has 1 nitrogen and oxygen atoms in total. The summed E-state index contributed by atoms with van der Waals surface area (Å²) < 4.78 is 0. The zero-order valence-corrected chi connectivity index (χ0v) is 39.0. The first-order valence-corrected chi connectivity index (χ1v) is 24.1. The Kier molecular flexibility index (Phi) is 8.89. The molecule has 0 radical (unpaired) electrons. The molecule has 0 heterocycles. The number of hydrogen-bond acceptors (Lipinski definition) is 1. The second-order valence-corrected chi connectivity index (χ2v) is 20.0. The van der Waals surface area contributed by atoms with Gasteiger partial charge in [0.1, 0.15) is 0 Å². The highest BCUT2D eigenvalue weighted by Crippen LogP contribution is 2.63. The zero-order valence-electron chi connectivity index (χ0n) is 39.0. The van der Waals surface area contributed by atoms with Gasteiger partial charge in [-0.15, -0.1) is 0 Å². The van der Waals surface area contributed by atoms with Gasteiger partial charge in [-0.25, -0.2) is 0 Å². The lowest BCUT2D eigenvalue weighted by molar-refractivity contribution is 0.565. The molecule has 0 saturated heterocycles. The van der Waals surface area contributed by atoms with Crippen molar-refractivity contribution in [1.29, 1.82) is 0 Å². The van der Waals surface area contributed by atoms with Crippen LogP contribution in [0.5, 0.6) is 0 Å². The smallest absolute Gasteiger partial charge is 0.0719 e. The molecule has 3 aliphatic rings. The monoisotopic (exact) mass is 869 g/mol. The highest BCUT2D eigenvalue weighted by Gasteiger charge is 2.53. The quantitative estimate of drug-likeness (QED) is 0.161. The molecular formula is C67H51N. The molecule has 1 heteroatoms. The van der Waals surface area contributed by atoms with Gasteiger partial charge in [-0.2, -0.15) is 0 Å². The average molecular weight is 870 g/mol. The third kappa shape index (κ3) is 5.75. The third-order valence-corrected chi connectivity index (χ3v) is 15.7. The van der Waals surface area contributed by atoms with Crippen molar-refractivity contribution in [3.8, 4) is 55.6 Å². The first-order valence-electron chi connectivity index (χ1n) is 24.1. The summed E-state index contributed by atoms with van der Waals surface area (Å²) in [5.41, 5.74) is 26.1. The van der Waals surface area contributed by atoms with Gasteiger partial charge in [-0.3, -0.25) is 0 Å². The summed E-state index contributed by atoms with van der Waals surface area (Å²) in [6.45, 7) is 9.64. The number of fused-ring (bicyclic) bond motifs is 12. The van der Waals surface area contributed by atoms with Crippen LogP contribution in [0.15, 0.2) is 237 Å². The summed E-state index contributed by atoms with van der Waals surface area (Å²) in [7, 11) is 0. The summed E-state index contributed by atoms with van der Waals surface area (Å²) in [5, 5.41) is 0. The first-order chi connectivity index (χ1) is 33.2. The van der Waals surface area contributed by atoms with E-state index in [-0.39, 0.29) is 10.8 Å². The first kappa shape index (κ1) is 40.3. The average Bonchev–Trinajstić information content (AvgIpc) is 3.81. The maximum absolute atomic E-state index is 2.45. The van der Waals surface area contributed by atoms with Crippen molar-refractivity contribution in [2.24, 2.45) is 0 Å². The molecule has 0 aliphatic heterocycles. The number of anilines is 3. The molecule has 1 spiro atoms. The van der Waals surface area contributed by atoms with Crippen LogP contribution in [0.3, 0.4) is 0 Å². The second kappa shape index (κ2) is 15.0. The molecule has 13 rings (SSSR count). The third-order valence-electron chi connectivity index (χ3n) is 15.7. The topological polar surface area (TPSA) is 3.24 Å². The lowest BCUT2D eigenvalue weighted by Gasteiger charge is -2.47. The summed E-state index contributed by atoms with van der Waals surface area (Å²) >= 11 is 0. The molecule has 0 amide bonds. The lowest BCUT2D eigenvalue weighted by atomic mass is 9.54. The van der Waals surface area contributed by atoms with Crippen LogP contribution in [-0.4, -0.2) is 0 Å². The molecule has 324 valence electrons. The largest absolute Gasteiger partial charge is 0.310 e. The maximum Gasteiger partial charge on any atom is 0.0719 e. The van der Waals surface area contributed by atoms with Gasteiger partial charge in [0.05, 0.1) is 5.41 Å². The molecule has 3 aliphatic carbocycles. The Morgan fingerprint density at radius 2 is 0.691 bits per heavy atom. The SMILES string of the molecule is CC1(C)c2cc(-c3ccccc3)ccc2-c2ccc(N(c3ccc(-c4cccc5c4C(C)(C)c4ccccc4C54c5ccccc5-c5ccccc54)cc3)c3cccc(-c4ccccc4)c3)cc21. The highest BCUT2D eigenvalue weighted by molar-refractivity contribution is 5.92. The summed E-state index contributed by atoms with van der Waals surface area (Å²) in [6.07, 6.45) is 0. The van der Waals surface area contributed by atoms with E-state index in [1.807, 2.05) is 0 Å². The van der Waals surface area contributed by atoms with E-state index >= 15 is 0 Å². The fourth-order valence-electron chi connectivity index (χ4n) is 12.6. The van der Waals surface area contributed by atoms with Crippen molar-refractivity contribution < 1.29 is 0 Å². The Hall–Kier alpha value is -8.00. The van der Waals surface area contributed by atoms with E-state index in [0.717, 1.165) is 17.1 Å². The molecule has 0 unspecified atom stereocenters. The van der Waals surface area contributed by atoms with Crippen LogP contribution in [-0.2, 0) is 16.2 Å². The standard InChI is InChI=1S/C67H51N/c1-65(2)62-42-48(45-21-9-6-10-22-45)35-39-55(62)56-40-38-51(43-63(56)65)68(50-24-17-23-47(41-50)44-19-7-5-8-20-44)49-36-33-46(34-37-49)52-27-18-32-61-64(52)66(3,4)59-30-15-16-31-60(59)67(61)57-28-13-11-25-53(57)54-26-12-14-29-58(54)67/h5-43H,1-4H3. The van der Waals surface area contributed by atoms with Crippen LogP contribution in [0, 0.1) is 0 Å². The number of nitrogens with zero attached hydrogens (tertiary/aromatic N) is 1. The van der Waals surface area contributed by atoms with Gasteiger partial charge < -0.3 is 4.90 Å². The molecule has 10 aromatic rings. The van der Waals surface area contributed by atoms with Crippen LogP contribution in [0.25, 0.3) is 55.6 Å². The van der Waals surface area contributed by atoms with Crippen molar-refractivity contribution >= 4 is 17.1 Å². The molecule has 0 N–H and O–H groups in total. The summed E-state index contributed by atoms with van der Waals surface area (Å²) in [6, 6.07) is 88.5. The van der Waals surface area contributed by atoms with Crippen molar-refractivity contribution in [1.82, 2.24) is 0 Å². The fraction of sp³-hybridized carbons (Fsp3) is 0.104. The Morgan fingerprint density at radius 1 is 0.250 bits per heavy atom. The van der Waals surface area contributed by atoms with Crippen LogP contribution < -0.4 is 4.90 Å². The van der Waals surface area contributed by atoms with E-state index in [0.29, 0.717) is 0 Å². The number of benzene rings is 10. The second-order valence-electron chi connectivity index (χ2n) is 20.0. The van der Waals surface area contributed by atoms with Crippen molar-refractivity contribution in [2.45, 2.75) is 43.9 Å². The van der Waals surface area contributed by atoms with Crippen LogP contribution in [0.4, 0.5) is 17.1 Å². The molecule has 0 atom stereocenters. The van der Waals surface area contributed by atoms with Gasteiger partial charge in [0, 0.05) is 27.9 Å². The predicted molar refractivity (Wildman–Crippen MR) is 284 cm³/mol. The van der Waals surface area contributed by atoms with Crippen LogP contribution in [0.2, 0.25) is 0 Å². The van der Waals surface area contributed by atoms with Gasteiger partial charge in [0.15, 0.2) is 0 Å². The van der Waals surface area contributed by atoms with Gasteiger partial charge in [0.2, 0.25) is 0 Å². The molecule has 0 aromatic heterocycles. The van der Waals surface area contributed by atoms with E-state index in [2.05, 4.69) is 269 Å². The number of rotatable bonds is 6. The van der Waals surface area contributed by atoms with Gasteiger partial charge >= 0.3 is 0 Å². The summed E-state index contributed by atoms with van der Waals surface area (Å²) in [4.78, 5) is 2.45. The Bertz CT molecular complexity index is 3570. The zero-order chi connectivity index (χ0) is 45.8. The van der Waals surface area contributed by atoms with Gasteiger partial charge in [0.25, 0.3) is 0 Å². The van der Waals surface area contributed by atoms with E-state index in [9.17, 15) is 0 Å². The molecule has 0 saturated carbocycles. The minimum absolute atomic E-state index is 0.192. The molecular weight excluding hydrogens is 819 g/mol. The fourth-order valence-corrected chi connectivity index (χ4v) is 12.6. The minimum atomic E-state index is -0.435. The molecule has 10 aromatic carbocycles. The van der Waals surface area contributed by atoms with Crippen LogP contribution in [0.1, 0.15) is 72.2 Å². The Labute approximate surface area is 400 Å². The highest BCUT2D eigenvalue weighted by atomic mass is 15.1. The maximum atomic E-state index is 2.45. The summed E-state index contributed by atoms with van der Waals surface area (Å²) in [5.74, 6) is 0. The Morgan fingerprint density at radius 3 is 1.35 bits per heavy atom. The van der Waals surface area contributed by atoms with Crippen molar-refractivity contribution in [2.75, 3.05) is 4.90 Å².